The number of rotatable bonds is 13. The van der Waals surface area contributed by atoms with E-state index < -0.39 is 7.92 Å². The SMILES string of the molecule is [N-]=[N+]=NCCCCCCCCCCBr.c1ccc(P(c2ccccc2)c2ccccc2)cc1. The molecule has 3 aromatic rings. The van der Waals surface area contributed by atoms with Gasteiger partial charge < -0.3 is 0 Å². The average molecular weight is 524 g/mol. The van der Waals surface area contributed by atoms with Crippen molar-refractivity contribution in [3.05, 3.63) is 101 Å². The predicted molar refractivity (Wildman–Crippen MR) is 150 cm³/mol. The second kappa shape index (κ2) is 18.3. The van der Waals surface area contributed by atoms with E-state index in [2.05, 4.69) is 117 Å². The number of azide groups is 1. The first kappa shape index (κ1) is 27.1. The van der Waals surface area contributed by atoms with Crippen molar-refractivity contribution in [1.82, 2.24) is 0 Å². The van der Waals surface area contributed by atoms with Crippen LogP contribution in [0.25, 0.3) is 10.4 Å². The molecular formula is C28H35BrN3P. The Balaban J connectivity index is 0.000000248. The molecule has 5 heteroatoms. The fourth-order valence-corrected chi connectivity index (χ4v) is 6.26. The van der Waals surface area contributed by atoms with E-state index in [-0.39, 0.29) is 0 Å². The molecular weight excluding hydrogens is 489 g/mol. The Labute approximate surface area is 209 Å². The van der Waals surface area contributed by atoms with Crippen LogP contribution in [0.5, 0.6) is 0 Å². The van der Waals surface area contributed by atoms with Gasteiger partial charge in [-0.15, -0.1) is 0 Å². The Morgan fingerprint density at radius 2 is 0.939 bits per heavy atom. The summed E-state index contributed by atoms with van der Waals surface area (Å²) in [6, 6.07) is 32.3. The Kier molecular flexibility index (Phi) is 15.1. The Bertz CT molecular complexity index is 806. The molecule has 0 saturated carbocycles. The van der Waals surface area contributed by atoms with Crippen molar-refractivity contribution in [3.63, 3.8) is 0 Å². The highest BCUT2D eigenvalue weighted by Gasteiger charge is 2.14. The summed E-state index contributed by atoms with van der Waals surface area (Å²) >= 11 is 3.43. The minimum absolute atomic E-state index is 0.446. The van der Waals surface area contributed by atoms with Crippen molar-refractivity contribution < 1.29 is 0 Å². The molecule has 0 N–H and O–H groups in total. The summed E-state index contributed by atoms with van der Waals surface area (Å²) in [5.41, 5.74) is 8.04. The third-order valence-corrected chi connectivity index (χ3v) is 8.25. The van der Waals surface area contributed by atoms with Crippen molar-refractivity contribution in [1.29, 1.82) is 0 Å². The van der Waals surface area contributed by atoms with Gasteiger partial charge in [-0.1, -0.05) is 151 Å². The lowest BCUT2D eigenvalue weighted by molar-refractivity contribution is 0.579. The van der Waals surface area contributed by atoms with Crippen LogP contribution in [0.3, 0.4) is 0 Å². The lowest BCUT2D eigenvalue weighted by Crippen LogP contribution is -2.20. The molecule has 0 unspecified atom stereocenters. The van der Waals surface area contributed by atoms with Crippen molar-refractivity contribution in [3.8, 4) is 0 Å². The topological polar surface area (TPSA) is 48.8 Å². The number of benzene rings is 3. The van der Waals surface area contributed by atoms with E-state index in [1.807, 2.05) is 0 Å². The maximum atomic E-state index is 8.04. The van der Waals surface area contributed by atoms with E-state index in [1.54, 1.807) is 0 Å². The van der Waals surface area contributed by atoms with Crippen molar-refractivity contribution >= 4 is 39.8 Å². The summed E-state index contributed by atoms with van der Waals surface area (Å²) in [6.45, 7) is 0.667. The van der Waals surface area contributed by atoms with Crippen molar-refractivity contribution in [2.45, 2.75) is 51.4 Å². The monoisotopic (exact) mass is 523 g/mol. The molecule has 0 spiro atoms. The number of halogens is 1. The van der Waals surface area contributed by atoms with Gasteiger partial charge in [0, 0.05) is 16.8 Å². The van der Waals surface area contributed by atoms with Gasteiger partial charge in [-0.25, -0.2) is 0 Å². The van der Waals surface area contributed by atoms with E-state index in [0.717, 1.165) is 11.8 Å². The average Bonchev–Trinajstić information content (AvgIpc) is 2.88. The molecule has 0 aliphatic rings. The van der Waals surface area contributed by atoms with Gasteiger partial charge in [0.15, 0.2) is 0 Å². The summed E-state index contributed by atoms with van der Waals surface area (Å²) in [4.78, 5) is 2.72. The molecule has 0 saturated heterocycles. The number of nitrogens with zero attached hydrogens (tertiary/aromatic N) is 3. The highest BCUT2D eigenvalue weighted by atomic mass is 79.9. The molecule has 0 aliphatic carbocycles. The Morgan fingerprint density at radius 1 is 0.576 bits per heavy atom. The molecule has 3 nitrogen and oxygen atoms in total. The van der Waals surface area contributed by atoms with Crippen LogP contribution >= 0.6 is 23.9 Å². The zero-order valence-corrected chi connectivity index (χ0v) is 21.9. The fraction of sp³-hybridized carbons (Fsp3) is 0.357. The number of hydrogen-bond donors (Lipinski definition) is 0. The van der Waals surface area contributed by atoms with E-state index in [4.69, 9.17) is 5.53 Å². The highest BCUT2D eigenvalue weighted by molar-refractivity contribution is 9.09. The van der Waals surface area contributed by atoms with Crippen LogP contribution < -0.4 is 15.9 Å². The third kappa shape index (κ3) is 11.5. The maximum absolute atomic E-state index is 8.04. The highest BCUT2D eigenvalue weighted by Crippen LogP contribution is 2.32. The van der Waals surface area contributed by atoms with E-state index >= 15 is 0 Å². The van der Waals surface area contributed by atoms with Gasteiger partial charge in [-0.2, -0.15) is 0 Å². The van der Waals surface area contributed by atoms with Gasteiger partial charge >= 0.3 is 0 Å². The number of hydrogen-bond acceptors (Lipinski definition) is 1. The number of unbranched alkanes of at least 4 members (excludes halogenated alkanes) is 7. The molecule has 3 rings (SSSR count). The number of alkyl halides is 1. The molecule has 0 radical (unpaired) electrons. The lowest BCUT2D eigenvalue weighted by Gasteiger charge is -2.18. The largest absolute Gasteiger partial charge is 0.0940 e. The standard InChI is InChI=1S/C18H15P.C10H20BrN3/c1-4-10-16(11-5-1)19(17-12-6-2-7-13-17)18-14-8-3-9-15-18;11-9-7-5-3-1-2-4-6-8-10-13-14-12/h1-15H;1-10H2. The summed E-state index contributed by atoms with van der Waals surface area (Å²) in [6.07, 6.45) is 10.2. The van der Waals surface area contributed by atoms with Gasteiger partial charge in [-0.05, 0) is 42.2 Å². The smallest absolute Gasteiger partial charge is 0.0257 e. The molecule has 33 heavy (non-hydrogen) atoms. The Hall–Kier alpha value is -2.12. The summed E-state index contributed by atoms with van der Waals surface area (Å²) < 4.78 is 0. The lowest BCUT2D eigenvalue weighted by atomic mass is 10.1. The third-order valence-electron chi connectivity index (χ3n) is 5.25. The predicted octanol–water partition coefficient (Wildman–Crippen LogP) is 8.26. The summed E-state index contributed by atoms with van der Waals surface area (Å²) in [5, 5.41) is 8.84. The van der Waals surface area contributed by atoms with E-state index in [1.165, 1.54) is 60.9 Å². The second-order valence-electron chi connectivity index (χ2n) is 7.81. The molecule has 0 bridgehead atoms. The first-order valence-corrected chi connectivity index (χ1v) is 14.3. The molecule has 0 fully saturated rings. The Morgan fingerprint density at radius 3 is 1.30 bits per heavy atom. The first-order valence-electron chi connectivity index (χ1n) is 11.9. The van der Waals surface area contributed by atoms with Crippen LogP contribution in [0.2, 0.25) is 0 Å². The van der Waals surface area contributed by atoms with Gasteiger partial charge in [0.1, 0.15) is 0 Å². The molecule has 0 amide bonds. The van der Waals surface area contributed by atoms with E-state index in [0.29, 0.717) is 6.54 Å². The molecule has 0 atom stereocenters. The van der Waals surface area contributed by atoms with Crippen LogP contribution in [0.15, 0.2) is 96.1 Å². The van der Waals surface area contributed by atoms with Crippen LogP contribution in [-0.4, -0.2) is 11.9 Å². The molecule has 0 heterocycles. The summed E-state index contributed by atoms with van der Waals surface area (Å²) in [7, 11) is -0.446. The zero-order chi connectivity index (χ0) is 23.4. The molecule has 0 aliphatic heterocycles. The minimum atomic E-state index is -0.446. The normalized spacial score (nSPS) is 10.2. The van der Waals surface area contributed by atoms with Crippen LogP contribution in [0.4, 0.5) is 0 Å². The second-order valence-corrected chi connectivity index (χ2v) is 10.8. The van der Waals surface area contributed by atoms with Crippen LogP contribution in [0.1, 0.15) is 51.4 Å². The van der Waals surface area contributed by atoms with Crippen LogP contribution in [-0.2, 0) is 0 Å². The maximum Gasteiger partial charge on any atom is 0.0257 e. The quantitative estimate of drug-likeness (QED) is 0.0540. The zero-order valence-electron chi connectivity index (χ0n) is 19.4. The summed E-state index contributed by atoms with van der Waals surface area (Å²) in [5.74, 6) is 0. The van der Waals surface area contributed by atoms with Gasteiger partial charge in [-0.3, -0.25) is 0 Å². The van der Waals surface area contributed by atoms with Gasteiger partial charge in [0.2, 0.25) is 0 Å². The minimum Gasteiger partial charge on any atom is -0.0940 e. The van der Waals surface area contributed by atoms with Gasteiger partial charge in [0.05, 0.1) is 0 Å². The van der Waals surface area contributed by atoms with Crippen molar-refractivity contribution in [2.75, 3.05) is 11.9 Å². The molecule has 3 aromatic carbocycles. The molecule has 174 valence electrons. The van der Waals surface area contributed by atoms with E-state index in [9.17, 15) is 0 Å². The fourth-order valence-electron chi connectivity index (χ4n) is 3.56. The first-order chi connectivity index (χ1) is 16.4. The van der Waals surface area contributed by atoms with Gasteiger partial charge in [0.25, 0.3) is 0 Å². The van der Waals surface area contributed by atoms with Crippen LogP contribution in [0, 0.1) is 0 Å². The molecule has 0 aromatic heterocycles. The van der Waals surface area contributed by atoms with Crippen molar-refractivity contribution in [2.24, 2.45) is 5.11 Å².